The molecular weight excluding hydrogens is 330 g/mol. The van der Waals surface area contributed by atoms with Crippen molar-refractivity contribution in [2.45, 2.75) is 12.1 Å². The van der Waals surface area contributed by atoms with Crippen LogP contribution in [0.1, 0.15) is 6.92 Å². The highest BCUT2D eigenvalue weighted by Crippen LogP contribution is 2.23. The molecule has 1 amide bonds. The molecule has 1 aromatic heterocycles. The summed E-state index contributed by atoms with van der Waals surface area (Å²) in [6, 6.07) is 15.2. The van der Waals surface area contributed by atoms with E-state index in [0.717, 1.165) is 21.9 Å². The summed E-state index contributed by atoms with van der Waals surface area (Å²) >= 11 is 7.37. The predicted octanol–water partition coefficient (Wildman–Crippen LogP) is 4.36. The van der Waals surface area contributed by atoms with Crippen molar-refractivity contribution in [2.75, 3.05) is 17.2 Å². The van der Waals surface area contributed by atoms with E-state index in [-0.39, 0.29) is 5.91 Å². The minimum absolute atomic E-state index is 0.0576. The van der Waals surface area contributed by atoms with Crippen LogP contribution in [-0.4, -0.2) is 28.2 Å². The molecule has 0 aliphatic carbocycles. The molecule has 2 aromatic carbocycles. The highest BCUT2D eigenvalue weighted by molar-refractivity contribution is 7.99. The van der Waals surface area contributed by atoms with Gasteiger partial charge in [-0.2, -0.15) is 0 Å². The van der Waals surface area contributed by atoms with Crippen LogP contribution in [-0.2, 0) is 4.79 Å². The molecule has 0 saturated heterocycles. The maximum atomic E-state index is 12.5. The van der Waals surface area contributed by atoms with Crippen molar-refractivity contribution in [3.8, 4) is 0 Å². The van der Waals surface area contributed by atoms with E-state index in [1.165, 1.54) is 11.8 Å². The van der Waals surface area contributed by atoms with Crippen LogP contribution in [0.25, 0.3) is 11.0 Å². The van der Waals surface area contributed by atoms with Crippen LogP contribution in [0, 0.1) is 0 Å². The Hall–Kier alpha value is -1.98. The Bertz CT molecular complexity index is 819. The number of thioether (sulfide) groups is 1. The Morgan fingerprint density at radius 1 is 1.26 bits per heavy atom. The number of amides is 1. The molecule has 4 nitrogen and oxygen atoms in total. The Morgan fingerprint density at radius 3 is 2.78 bits per heavy atom. The molecule has 0 saturated carbocycles. The Morgan fingerprint density at radius 2 is 2.04 bits per heavy atom. The summed E-state index contributed by atoms with van der Waals surface area (Å²) in [6.45, 7) is 2.61. The molecule has 0 fully saturated rings. The van der Waals surface area contributed by atoms with E-state index < -0.39 is 0 Å². The fraction of sp³-hybridized carbons (Fsp3) is 0.176. The third-order valence-electron chi connectivity index (χ3n) is 3.44. The summed E-state index contributed by atoms with van der Waals surface area (Å²) in [5.41, 5.74) is 2.64. The molecule has 3 rings (SSSR count). The number of benzene rings is 2. The minimum atomic E-state index is 0.0576. The highest BCUT2D eigenvalue weighted by atomic mass is 35.5. The maximum Gasteiger partial charge on any atom is 0.237 e. The number of nitrogens with zero attached hydrogens (tertiary/aromatic N) is 2. The van der Waals surface area contributed by atoms with Crippen LogP contribution in [0.5, 0.6) is 0 Å². The molecule has 118 valence electrons. The van der Waals surface area contributed by atoms with Gasteiger partial charge in [0.25, 0.3) is 0 Å². The molecule has 0 aliphatic rings. The third kappa shape index (κ3) is 3.68. The lowest BCUT2D eigenvalue weighted by atomic mass is 10.3. The van der Waals surface area contributed by atoms with Crippen molar-refractivity contribution in [1.82, 2.24) is 9.97 Å². The Balaban J connectivity index is 1.69. The number of fused-ring (bicyclic) bond motifs is 1. The summed E-state index contributed by atoms with van der Waals surface area (Å²) in [5.74, 6) is 0.387. The van der Waals surface area contributed by atoms with Gasteiger partial charge in [-0.05, 0) is 37.3 Å². The van der Waals surface area contributed by atoms with Gasteiger partial charge in [-0.1, -0.05) is 41.6 Å². The van der Waals surface area contributed by atoms with E-state index in [4.69, 9.17) is 11.6 Å². The zero-order chi connectivity index (χ0) is 16.2. The van der Waals surface area contributed by atoms with E-state index in [2.05, 4.69) is 9.97 Å². The number of nitrogens with one attached hydrogen (secondary N) is 1. The van der Waals surface area contributed by atoms with Gasteiger partial charge in [0.2, 0.25) is 5.91 Å². The Kier molecular flexibility index (Phi) is 4.88. The SMILES string of the molecule is CCN(C(=O)CSc1nc2ccc(Cl)cc2[nH]1)c1ccccc1. The standard InChI is InChI=1S/C17H16ClN3OS/c1-2-21(13-6-4-3-5-7-13)16(22)11-23-17-19-14-9-8-12(18)10-15(14)20-17/h3-10H,2,11H2,1H3,(H,19,20). The first-order valence-electron chi connectivity index (χ1n) is 7.31. The number of carbonyl (C=O) groups is 1. The van der Waals surface area contributed by atoms with E-state index in [1.807, 2.05) is 49.4 Å². The van der Waals surface area contributed by atoms with Crippen molar-refractivity contribution >= 4 is 46.0 Å². The summed E-state index contributed by atoms with van der Waals surface area (Å²) in [4.78, 5) is 21.9. The first-order chi connectivity index (χ1) is 11.2. The third-order valence-corrected chi connectivity index (χ3v) is 4.53. The van der Waals surface area contributed by atoms with Crippen molar-refractivity contribution < 1.29 is 4.79 Å². The highest BCUT2D eigenvalue weighted by Gasteiger charge is 2.15. The van der Waals surface area contributed by atoms with Gasteiger partial charge < -0.3 is 9.88 Å². The molecule has 23 heavy (non-hydrogen) atoms. The van der Waals surface area contributed by atoms with Crippen LogP contribution in [0.2, 0.25) is 5.02 Å². The van der Waals surface area contributed by atoms with Gasteiger partial charge in [0.15, 0.2) is 5.16 Å². The minimum Gasteiger partial charge on any atom is -0.333 e. The number of halogens is 1. The molecule has 0 unspecified atom stereocenters. The van der Waals surface area contributed by atoms with Gasteiger partial charge >= 0.3 is 0 Å². The predicted molar refractivity (Wildman–Crippen MR) is 96.3 cm³/mol. The first kappa shape index (κ1) is 15.9. The molecule has 1 heterocycles. The maximum absolute atomic E-state index is 12.5. The zero-order valence-electron chi connectivity index (χ0n) is 12.6. The number of H-pyrrole nitrogens is 1. The van der Waals surface area contributed by atoms with Crippen LogP contribution in [0.3, 0.4) is 0 Å². The van der Waals surface area contributed by atoms with Crippen molar-refractivity contribution in [3.05, 3.63) is 53.6 Å². The van der Waals surface area contributed by atoms with Gasteiger partial charge in [0.05, 0.1) is 16.8 Å². The molecule has 0 atom stereocenters. The summed E-state index contributed by atoms with van der Waals surface area (Å²) in [7, 11) is 0. The quantitative estimate of drug-likeness (QED) is 0.699. The smallest absolute Gasteiger partial charge is 0.237 e. The average Bonchev–Trinajstić information content (AvgIpc) is 2.96. The number of para-hydroxylation sites is 1. The number of hydrogen-bond donors (Lipinski definition) is 1. The molecule has 6 heteroatoms. The van der Waals surface area contributed by atoms with Gasteiger partial charge in [-0.3, -0.25) is 4.79 Å². The fourth-order valence-electron chi connectivity index (χ4n) is 2.35. The topological polar surface area (TPSA) is 49.0 Å². The zero-order valence-corrected chi connectivity index (χ0v) is 14.2. The van der Waals surface area contributed by atoms with Crippen LogP contribution >= 0.6 is 23.4 Å². The van der Waals surface area contributed by atoms with Crippen molar-refractivity contribution in [2.24, 2.45) is 0 Å². The van der Waals surface area contributed by atoms with Crippen LogP contribution < -0.4 is 4.90 Å². The Labute approximate surface area is 143 Å². The van der Waals surface area contributed by atoms with Crippen molar-refractivity contribution in [1.29, 1.82) is 0 Å². The second-order valence-electron chi connectivity index (χ2n) is 4.97. The molecule has 0 aliphatic heterocycles. The molecule has 0 spiro atoms. The largest absolute Gasteiger partial charge is 0.333 e. The number of aromatic amines is 1. The van der Waals surface area contributed by atoms with E-state index in [9.17, 15) is 4.79 Å². The fourth-order valence-corrected chi connectivity index (χ4v) is 3.28. The number of carbonyl (C=O) groups excluding carboxylic acids is 1. The van der Waals surface area contributed by atoms with Gasteiger partial charge in [-0.25, -0.2) is 4.98 Å². The van der Waals surface area contributed by atoms with Crippen LogP contribution in [0.15, 0.2) is 53.7 Å². The van der Waals surface area contributed by atoms with Crippen LogP contribution in [0.4, 0.5) is 5.69 Å². The van der Waals surface area contributed by atoms with Gasteiger partial charge in [0, 0.05) is 17.3 Å². The van der Waals surface area contributed by atoms with Gasteiger partial charge in [-0.15, -0.1) is 0 Å². The van der Waals surface area contributed by atoms with E-state index >= 15 is 0 Å². The first-order valence-corrected chi connectivity index (χ1v) is 8.67. The lowest BCUT2D eigenvalue weighted by Crippen LogP contribution is -2.32. The summed E-state index contributed by atoms with van der Waals surface area (Å²) in [5, 5.41) is 1.38. The molecular formula is C17H16ClN3OS. The van der Waals surface area contributed by atoms with E-state index in [1.54, 1.807) is 11.0 Å². The molecule has 3 aromatic rings. The number of rotatable bonds is 5. The lowest BCUT2D eigenvalue weighted by Gasteiger charge is -2.20. The number of aromatic nitrogens is 2. The number of hydrogen-bond acceptors (Lipinski definition) is 3. The second-order valence-corrected chi connectivity index (χ2v) is 6.37. The second kappa shape index (κ2) is 7.06. The lowest BCUT2D eigenvalue weighted by molar-refractivity contribution is -0.116. The summed E-state index contributed by atoms with van der Waals surface area (Å²) < 4.78 is 0. The molecule has 1 N–H and O–H groups in total. The van der Waals surface area contributed by atoms with E-state index in [0.29, 0.717) is 17.3 Å². The normalized spacial score (nSPS) is 10.9. The number of anilines is 1. The monoisotopic (exact) mass is 345 g/mol. The van der Waals surface area contributed by atoms with Crippen molar-refractivity contribution in [3.63, 3.8) is 0 Å². The number of imidazole rings is 1. The summed E-state index contributed by atoms with van der Waals surface area (Å²) in [6.07, 6.45) is 0. The molecule has 0 radical (unpaired) electrons. The van der Waals surface area contributed by atoms with Gasteiger partial charge in [0.1, 0.15) is 0 Å². The molecule has 0 bridgehead atoms. The average molecular weight is 346 g/mol.